The molecule has 0 spiro atoms. The fourth-order valence-corrected chi connectivity index (χ4v) is 4.44. The van der Waals surface area contributed by atoms with Crippen molar-refractivity contribution >= 4 is 58.3 Å². The topological polar surface area (TPSA) is 150 Å². The van der Waals surface area contributed by atoms with E-state index in [0.29, 0.717) is 5.56 Å². The van der Waals surface area contributed by atoms with Crippen molar-refractivity contribution in [3.63, 3.8) is 0 Å². The average Bonchev–Trinajstić information content (AvgIpc) is 3.72. The van der Waals surface area contributed by atoms with Crippen LogP contribution in [0, 0.1) is 0 Å². The molecule has 0 radical (unpaired) electrons. The number of benzene rings is 1. The van der Waals surface area contributed by atoms with Gasteiger partial charge in [-0.25, -0.2) is 19.6 Å². The molecule has 0 saturated carbocycles. The van der Waals surface area contributed by atoms with E-state index in [9.17, 15) is 9.59 Å². The molecule has 40 heavy (non-hydrogen) atoms. The van der Waals surface area contributed by atoms with Gasteiger partial charge in [0.25, 0.3) is 0 Å². The molecule has 10 nitrogen and oxygen atoms in total. The number of carbonyl (C=O) groups is 2. The lowest BCUT2D eigenvalue weighted by molar-refractivity contribution is -0.140. The molecule has 6 rings (SSSR count). The summed E-state index contributed by atoms with van der Waals surface area (Å²) in [5.41, 5.74) is 8.03. The van der Waals surface area contributed by atoms with E-state index in [1.165, 1.54) is 0 Å². The molecule has 4 aromatic rings. The summed E-state index contributed by atoms with van der Waals surface area (Å²) < 4.78 is 10.8. The lowest BCUT2D eigenvalue weighted by Gasteiger charge is -2.12. The molecule has 3 aromatic heterocycles. The molecular weight excluding hydrogens is 512 g/mol. The minimum atomic E-state index is -1.17. The van der Waals surface area contributed by atoms with Crippen LogP contribution < -0.4 is 9.47 Å². The Morgan fingerprint density at radius 2 is 1.23 bits per heavy atom. The Labute approximate surface area is 226 Å². The minimum Gasteiger partial charge on any atom is -0.479 e. The van der Waals surface area contributed by atoms with Crippen molar-refractivity contribution in [1.29, 1.82) is 0 Å². The van der Waals surface area contributed by atoms with Crippen LogP contribution in [0.1, 0.15) is 22.8 Å². The third kappa shape index (κ3) is 5.46. The summed E-state index contributed by atoms with van der Waals surface area (Å²) in [7, 11) is 0. The molecule has 0 amide bonds. The number of rotatable bonds is 7. The van der Waals surface area contributed by atoms with Gasteiger partial charge in [-0.3, -0.25) is 0 Å². The summed E-state index contributed by atoms with van der Waals surface area (Å²) in [4.78, 5) is 38.3. The van der Waals surface area contributed by atoms with Gasteiger partial charge in [-0.2, -0.15) is 0 Å². The fourth-order valence-electron chi connectivity index (χ4n) is 4.44. The van der Waals surface area contributed by atoms with Crippen LogP contribution in [0.25, 0.3) is 57.5 Å². The summed E-state index contributed by atoms with van der Waals surface area (Å²) >= 11 is 0. The van der Waals surface area contributed by atoms with E-state index in [1.54, 1.807) is 18.2 Å². The molecule has 0 aliphatic carbocycles. The number of H-pyrrole nitrogens is 2. The van der Waals surface area contributed by atoms with E-state index in [4.69, 9.17) is 24.7 Å². The molecule has 198 valence electrons. The number of carboxylic acids is 2. The van der Waals surface area contributed by atoms with Crippen LogP contribution >= 0.6 is 0 Å². The maximum atomic E-state index is 11.2. The molecule has 0 saturated heterocycles. The first kappa shape index (κ1) is 24.7. The van der Waals surface area contributed by atoms with Crippen LogP contribution in [-0.4, -0.2) is 55.3 Å². The Bertz CT molecular complexity index is 1880. The Morgan fingerprint density at radius 3 is 1.90 bits per heavy atom. The van der Waals surface area contributed by atoms with Crippen LogP contribution in [0.15, 0.2) is 60.7 Å². The first-order valence-electron chi connectivity index (χ1n) is 12.3. The number of hydrogen-bond donors (Lipinski definition) is 4. The van der Waals surface area contributed by atoms with Gasteiger partial charge >= 0.3 is 11.9 Å². The molecular formula is C30H22N4O6. The molecule has 1 aromatic carbocycles. The normalized spacial score (nSPS) is 11.9. The number of carboxylic acid groups (broad SMARTS) is 2. The maximum absolute atomic E-state index is 11.2. The summed E-state index contributed by atoms with van der Waals surface area (Å²) in [6, 6.07) is 18.6. The van der Waals surface area contributed by atoms with E-state index >= 15 is 0 Å². The van der Waals surface area contributed by atoms with Crippen molar-refractivity contribution in [2.75, 3.05) is 13.2 Å². The van der Waals surface area contributed by atoms with Gasteiger partial charge in [-0.15, -0.1) is 0 Å². The van der Waals surface area contributed by atoms with Crippen molar-refractivity contribution in [1.82, 2.24) is 19.9 Å². The van der Waals surface area contributed by atoms with Crippen LogP contribution in [0.3, 0.4) is 0 Å². The Morgan fingerprint density at radius 1 is 0.625 bits per heavy atom. The number of aromatic amines is 2. The number of aliphatic carboxylic acids is 2. The van der Waals surface area contributed by atoms with Crippen molar-refractivity contribution in [3.8, 4) is 22.6 Å². The molecule has 2 aliphatic heterocycles. The van der Waals surface area contributed by atoms with Crippen molar-refractivity contribution in [2.45, 2.75) is 0 Å². The first-order valence-corrected chi connectivity index (χ1v) is 12.3. The predicted octanol–water partition coefficient (Wildman–Crippen LogP) is 5.25. The zero-order valence-corrected chi connectivity index (χ0v) is 20.9. The second-order valence-corrected chi connectivity index (χ2v) is 9.11. The van der Waals surface area contributed by atoms with E-state index in [-0.39, 0.29) is 11.5 Å². The van der Waals surface area contributed by atoms with Gasteiger partial charge in [0.05, 0.1) is 22.8 Å². The number of nitrogens with one attached hydrogen (secondary N) is 2. The van der Waals surface area contributed by atoms with Gasteiger partial charge in [0.2, 0.25) is 0 Å². The molecule has 0 fully saturated rings. The third-order valence-corrected chi connectivity index (χ3v) is 6.13. The van der Waals surface area contributed by atoms with Gasteiger partial charge in [-0.05, 0) is 84.5 Å². The Hall–Kier alpha value is -5.64. The minimum absolute atomic E-state index is 0.117. The number of aromatic nitrogens is 4. The number of hydrogen-bond acceptors (Lipinski definition) is 6. The second-order valence-electron chi connectivity index (χ2n) is 9.11. The highest BCUT2D eigenvalue weighted by Gasteiger charge is 2.14. The zero-order chi connectivity index (χ0) is 27.6. The summed E-state index contributed by atoms with van der Waals surface area (Å²) in [6.07, 6.45) is 7.73. The smallest absolute Gasteiger partial charge is 0.341 e. The predicted molar refractivity (Wildman–Crippen MR) is 151 cm³/mol. The lowest BCUT2D eigenvalue weighted by Crippen LogP contribution is -2.13. The maximum Gasteiger partial charge on any atom is 0.341 e. The number of ether oxygens (including phenoxy) is 2. The molecule has 10 heteroatoms. The number of nitrogens with zero attached hydrogens (tertiary/aromatic N) is 2. The van der Waals surface area contributed by atoms with Crippen LogP contribution in [-0.2, 0) is 9.59 Å². The van der Waals surface area contributed by atoms with E-state index in [0.717, 1.165) is 50.4 Å². The van der Waals surface area contributed by atoms with E-state index in [1.807, 2.05) is 66.8 Å². The van der Waals surface area contributed by atoms with Crippen LogP contribution in [0.2, 0.25) is 0 Å². The molecule has 5 heterocycles. The molecule has 0 unspecified atom stereocenters. The molecule has 8 bridgehead atoms. The average molecular weight is 535 g/mol. The summed E-state index contributed by atoms with van der Waals surface area (Å²) in [5.74, 6) is -2.09. The van der Waals surface area contributed by atoms with Gasteiger partial charge in [0.1, 0.15) is 0 Å². The second kappa shape index (κ2) is 10.3. The SMILES string of the molecule is O=C(O)COc1ccc(-c2cc3cc4ccc(cc5nc(cc6nc(cc2[nH]3)C=C6)C=C5)[nH]4)cc1OCC(=O)O. The largest absolute Gasteiger partial charge is 0.479 e. The van der Waals surface area contributed by atoms with Gasteiger partial charge < -0.3 is 29.7 Å². The Balaban J connectivity index is 1.53. The van der Waals surface area contributed by atoms with Crippen LogP contribution in [0.5, 0.6) is 11.5 Å². The van der Waals surface area contributed by atoms with E-state index < -0.39 is 25.2 Å². The first-order chi connectivity index (χ1) is 19.4. The molecule has 0 atom stereocenters. The Kier molecular flexibility index (Phi) is 6.33. The van der Waals surface area contributed by atoms with Crippen molar-refractivity contribution in [2.24, 2.45) is 0 Å². The monoisotopic (exact) mass is 534 g/mol. The summed E-state index contributed by atoms with van der Waals surface area (Å²) in [5, 5.41) is 18.1. The van der Waals surface area contributed by atoms with Gasteiger partial charge in [0, 0.05) is 27.6 Å². The van der Waals surface area contributed by atoms with E-state index in [2.05, 4.69) is 15.0 Å². The molecule has 4 N–H and O–H groups in total. The van der Waals surface area contributed by atoms with Crippen molar-refractivity contribution < 1.29 is 29.3 Å². The zero-order valence-electron chi connectivity index (χ0n) is 20.9. The van der Waals surface area contributed by atoms with Gasteiger partial charge in [-0.1, -0.05) is 6.07 Å². The summed E-state index contributed by atoms with van der Waals surface area (Å²) in [6.45, 7) is -1.20. The van der Waals surface area contributed by atoms with Crippen LogP contribution in [0.4, 0.5) is 0 Å². The molecule has 2 aliphatic rings. The standard InChI is InChI=1S/C30H22N4O6/c35-29(36)15-39-27-8-1-17(9-28(27)40-16-30(37)38)25-13-24-12-22-5-4-20(32-22)10-18-2-3-19(31-18)11-21-6-7-23(33-21)14-26(25)34-24/h1-14,32,34H,15-16H2,(H,35,36)(H,37,38). The number of fused-ring (bicyclic) bond motifs is 8. The quantitative estimate of drug-likeness (QED) is 0.217. The third-order valence-electron chi connectivity index (χ3n) is 6.13. The lowest BCUT2D eigenvalue weighted by atomic mass is 10.1. The highest BCUT2D eigenvalue weighted by Crippen LogP contribution is 2.35. The fraction of sp³-hybridized carbons (Fsp3) is 0.0667. The highest BCUT2D eigenvalue weighted by atomic mass is 16.5. The highest BCUT2D eigenvalue weighted by molar-refractivity contribution is 5.88. The van der Waals surface area contributed by atoms with Crippen molar-refractivity contribution in [3.05, 3.63) is 83.4 Å². The van der Waals surface area contributed by atoms with Gasteiger partial charge in [0.15, 0.2) is 24.7 Å².